The van der Waals surface area contributed by atoms with Crippen molar-refractivity contribution in [1.82, 2.24) is 14.2 Å². The van der Waals surface area contributed by atoms with Crippen molar-refractivity contribution < 1.29 is 13.2 Å². The molecule has 1 aromatic rings. The first-order valence-electron chi connectivity index (χ1n) is 6.39. The molecule has 7 nitrogen and oxygen atoms in total. The van der Waals surface area contributed by atoms with Gasteiger partial charge in [0.15, 0.2) is 0 Å². The van der Waals surface area contributed by atoms with Gasteiger partial charge < -0.3 is 10.2 Å². The van der Waals surface area contributed by atoms with E-state index in [9.17, 15) is 13.2 Å². The maximum Gasteiger partial charge on any atom is 0.243 e. The summed E-state index contributed by atoms with van der Waals surface area (Å²) in [4.78, 5) is 17.4. The Kier molecular flexibility index (Phi) is 4.24. The molecule has 1 saturated heterocycles. The minimum absolute atomic E-state index is 0.113. The van der Waals surface area contributed by atoms with Gasteiger partial charge in [-0.2, -0.15) is 4.31 Å². The molecule has 0 bridgehead atoms. The minimum atomic E-state index is -3.65. The number of carbonyl (C=O) groups excluding carboxylic acids is 1. The fraction of sp³-hybridized carbons (Fsp3) is 0.500. The van der Waals surface area contributed by atoms with Gasteiger partial charge in [0.1, 0.15) is 5.82 Å². The van der Waals surface area contributed by atoms with Crippen molar-refractivity contribution >= 4 is 21.7 Å². The number of aromatic nitrogens is 1. The van der Waals surface area contributed by atoms with Crippen LogP contribution < -0.4 is 5.32 Å². The van der Waals surface area contributed by atoms with Crippen LogP contribution >= 0.6 is 0 Å². The van der Waals surface area contributed by atoms with Gasteiger partial charge in [-0.05, 0) is 13.0 Å². The Hall–Kier alpha value is -1.67. The lowest BCUT2D eigenvalue weighted by Crippen LogP contribution is -2.50. The number of piperazine rings is 1. The van der Waals surface area contributed by atoms with E-state index in [4.69, 9.17) is 0 Å². The highest BCUT2D eigenvalue weighted by atomic mass is 32.2. The van der Waals surface area contributed by atoms with Crippen molar-refractivity contribution in [2.24, 2.45) is 0 Å². The first kappa shape index (κ1) is 14.7. The molecular weight excluding hydrogens is 280 g/mol. The topological polar surface area (TPSA) is 82.6 Å². The number of carbonyl (C=O) groups is 1. The third-order valence-electron chi connectivity index (χ3n) is 3.15. The molecule has 1 aromatic heterocycles. The molecule has 1 aliphatic heterocycles. The second-order valence-electron chi connectivity index (χ2n) is 4.56. The van der Waals surface area contributed by atoms with Gasteiger partial charge in [-0.3, -0.25) is 4.79 Å². The molecule has 2 rings (SSSR count). The fourth-order valence-electron chi connectivity index (χ4n) is 1.94. The number of hydrogen-bond donors (Lipinski definition) is 1. The lowest BCUT2D eigenvalue weighted by atomic mass is 10.4. The smallest absolute Gasteiger partial charge is 0.243 e. The van der Waals surface area contributed by atoms with Crippen LogP contribution in [0.1, 0.15) is 6.92 Å². The summed E-state index contributed by atoms with van der Waals surface area (Å²) in [7, 11) is -1.98. The van der Waals surface area contributed by atoms with Crippen molar-refractivity contribution in [3.63, 3.8) is 0 Å². The molecule has 0 saturated carbocycles. The summed E-state index contributed by atoms with van der Waals surface area (Å²) in [5.74, 6) is 0.315. The Morgan fingerprint density at radius 2 is 2.15 bits per heavy atom. The molecule has 1 aliphatic rings. The number of rotatable bonds is 4. The zero-order valence-corrected chi connectivity index (χ0v) is 12.4. The van der Waals surface area contributed by atoms with Crippen LogP contribution in [0.3, 0.4) is 0 Å². The van der Waals surface area contributed by atoms with Crippen molar-refractivity contribution in [1.29, 1.82) is 0 Å². The lowest BCUT2D eigenvalue weighted by molar-refractivity contribution is -0.132. The summed E-state index contributed by atoms with van der Waals surface area (Å²) in [6, 6.07) is 2.93. The zero-order chi connectivity index (χ0) is 14.8. The second-order valence-corrected chi connectivity index (χ2v) is 6.50. The van der Waals surface area contributed by atoms with Gasteiger partial charge in [-0.25, -0.2) is 13.4 Å². The molecule has 0 unspecified atom stereocenters. The Balaban J connectivity index is 2.26. The molecular formula is C12H18N4O3S. The van der Waals surface area contributed by atoms with E-state index in [0.717, 1.165) is 0 Å². The largest absolute Gasteiger partial charge is 0.370 e. The SMILES string of the molecule is CCNc1cc(S(=O)(=O)N2CCN(C)C(=O)C2)ccn1. The van der Waals surface area contributed by atoms with E-state index in [1.807, 2.05) is 6.92 Å². The van der Waals surface area contributed by atoms with E-state index in [1.165, 1.54) is 27.5 Å². The molecule has 0 atom stereocenters. The number of pyridine rings is 1. The molecule has 8 heteroatoms. The molecule has 0 spiro atoms. The second kappa shape index (κ2) is 5.76. The minimum Gasteiger partial charge on any atom is -0.370 e. The third-order valence-corrected chi connectivity index (χ3v) is 4.99. The molecule has 0 aliphatic carbocycles. The van der Waals surface area contributed by atoms with Crippen LogP contribution in [0, 0.1) is 0 Å². The number of sulfonamides is 1. The van der Waals surface area contributed by atoms with E-state index in [0.29, 0.717) is 25.5 Å². The van der Waals surface area contributed by atoms with Crippen LogP contribution in [-0.4, -0.2) is 61.7 Å². The van der Waals surface area contributed by atoms with E-state index < -0.39 is 10.0 Å². The monoisotopic (exact) mass is 298 g/mol. The first-order chi connectivity index (χ1) is 9.45. The van der Waals surface area contributed by atoms with Crippen LogP contribution in [0.2, 0.25) is 0 Å². The summed E-state index contributed by atoms with van der Waals surface area (Å²) in [5, 5.41) is 2.97. The van der Waals surface area contributed by atoms with Crippen LogP contribution in [0.5, 0.6) is 0 Å². The van der Waals surface area contributed by atoms with Crippen molar-refractivity contribution in [2.75, 3.05) is 38.5 Å². The lowest BCUT2D eigenvalue weighted by Gasteiger charge is -2.31. The highest BCUT2D eigenvalue weighted by Crippen LogP contribution is 2.19. The van der Waals surface area contributed by atoms with Gasteiger partial charge in [-0.1, -0.05) is 0 Å². The Morgan fingerprint density at radius 1 is 1.40 bits per heavy atom. The van der Waals surface area contributed by atoms with Crippen molar-refractivity contribution in [3.8, 4) is 0 Å². The Labute approximate surface area is 118 Å². The molecule has 1 N–H and O–H groups in total. The summed E-state index contributed by atoms with van der Waals surface area (Å²) < 4.78 is 26.2. The van der Waals surface area contributed by atoms with Gasteiger partial charge in [0.2, 0.25) is 15.9 Å². The summed E-state index contributed by atoms with van der Waals surface area (Å²) in [6.45, 7) is 3.16. The summed E-state index contributed by atoms with van der Waals surface area (Å²) in [6.07, 6.45) is 1.45. The van der Waals surface area contributed by atoms with E-state index in [2.05, 4.69) is 10.3 Å². The van der Waals surface area contributed by atoms with E-state index in [1.54, 1.807) is 7.05 Å². The van der Waals surface area contributed by atoms with Gasteiger partial charge in [0.05, 0.1) is 11.4 Å². The number of hydrogen-bond acceptors (Lipinski definition) is 5. The fourth-order valence-corrected chi connectivity index (χ4v) is 3.33. The molecule has 20 heavy (non-hydrogen) atoms. The molecule has 0 radical (unpaired) electrons. The van der Waals surface area contributed by atoms with Crippen molar-refractivity contribution in [2.45, 2.75) is 11.8 Å². The molecule has 0 aromatic carbocycles. The zero-order valence-electron chi connectivity index (χ0n) is 11.5. The van der Waals surface area contributed by atoms with Gasteiger partial charge in [-0.15, -0.1) is 0 Å². The number of anilines is 1. The average molecular weight is 298 g/mol. The number of nitrogens with zero attached hydrogens (tertiary/aromatic N) is 3. The highest BCUT2D eigenvalue weighted by Gasteiger charge is 2.31. The quantitative estimate of drug-likeness (QED) is 0.844. The van der Waals surface area contributed by atoms with Crippen LogP contribution in [0.25, 0.3) is 0 Å². The van der Waals surface area contributed by atoms with E-state index in [-0.39, 0.29) is 17.3 Å². The maximum absolute atomic E-state index is 12.5. The van der Waals surface area contributed by atoms with Crippen LogP contribution in [-0.2, 0) is 14.8 Å². The van der Waals surface area contributed by atoms with E-state index >= 15 is 0 Å². The Bertz CT molecular complexity index is 602. The van der Waals surface area contributed by atoms with Gasteiger partial charge in [0, 0.05) is 38.9 Å². The van der Waals surface area contributed by atoms with Crippen molar-refractivity contribution in [3.05, 3.63) is 18.3 Å². The third kappa shape index (κ3) is 2.91. The average Bonchev–Trinajstić information content (AvgIpc) is 2.42. The summed E-state index contributed by atoms with van der Waals surface area (Å²) >= 11 is 0. The molecule has 1 fully saturated rings. The predicted octanol–water partition coefficient (Wildman–Crippen LogP) is -0.0239. The first-order valence-corrected chi connectivity index (χ1v) is 7.83. The molecule has 2 heterocycles. The number of likely N-dealkylation sites (N-methyl/N-ethyl adjacent to an activating group) is 1. The van der Waals surface area contributed by atoms with Gasteiger partial charge >= 0.3 is 0 Å². The van der Waals surface area contributed by atoms with Crippen LogP contribution in [0.15, 0.2) is 23.2 Å². The van der Waals surface area contributed by atoms with Gasteiger partial charge in [0.25, 0.3) is 0 Å². The molecule has 110 valence electrons. The number of nitrogens with one attached hydrogen (secondary N) is 1. The Morgan fingerprint density at radius 3 is 2.80 bits per heavy atom. The summed E-state index contributed by atoms with van der Waals surface area (Å²) in [5.41, 5.74) is 0. The van der Waals surface area contributed by atoms with Crippen LogP contribution in [0.4, 0.5) is 5.82 Å². The highest BCUT2D eigenvalue weighted by molar-refractivity contribution is 7.89. The standard InChI is InChI=1S/C12H18N4O3S/c1-3-13-11-8-10(4-5-14-11)20(18,19)16-7-6-15(2)12(17)9-16/h4-5,8H,3,6-7,9H2,1-2H3,(H,13,14). The number of amides is 1. The normalized spacial score (nSPS) is 17.3. The molecule has 1 amide bonds. The predicted molar refractivity (Wildman–Crippen MR) is 74.8 cm³/mol. The maximum atomic E-state index is 12.5.